The van der Waals surface area contributed by atoms with Crippen LogP contribution >= 0.6 is 0 Å². The monoisotopic (exact) mass is 332 g/mol. The average molecular weight is 332 g/mol. The summed E-state index contributed by atoms with van der Waals surface area (Å²) >= 11 is 0. The van der Waals surface area contributed by atoms with Gasteiger partial charge in [0.2, 0.25) is 5.91 Å². The highest BCUT2D eigenvalue weighted by atomic mass is 16.3. The predicted molar refractivity (Wildman–Crippen MR) is 96.0 cm³/mol. The summed E-state index contributed by atoms with van der Waals surface area (Å²) in [6.07, 6.45) is 4.34. The number of hydrogen-bond acceptors (Lipinski definition) is 3. The first-order valence-corrected chi connectivity index (χ1v) is 9.31. The molecule has 0 bridgehead atoms. The van der Waals surface area contributed by atoms with Crippen LogP contribution in [0.1, 0.15) is 77.7 Å². The molecule has 0 aromatic carbocycles. The van der Waals surface area contributed by atoms with Crippen LogP contribution in [0.3, 0.4) is 0 Å². The topological polar surface area (TPSA) is 54.3 Å². The predicted octanol–water partition coefficient (Wildman–Crippen LogP) is 3.76. The van der Waals surface area contributed by atoms with Crippen molar-refractivity contribution in [3.8, 4) is 0 Å². The van der Waals surface area contributed by atoms with Crippen LogP contribution < -0.4 is 10.6 Å². The van der Waals surface area contributed by atoms with Gasteiger partial charge in [0.05, 0.1) is 0 Å². The van der Waals surface area contributed by atoms with E-state index in [2.05, 4.69) is 51.3 Å². The minimum absolute atomic E-state index is 0.0521. The second-order valence-electron chi connectivity index (χ2n) is 9.19. The highest BCUT2D eigenvalue weighted by Crippen LogP contribution is 2.47. The highest BCUT2D eigenvalue weighted by molar-refractivity contribution is 5.76. The number of amides is 1. The molecule has 1 aromatic heterocycles. The van der Waals surface area contributed by atoms with Crippen molar-refractivity contribution < 1.29 is 9.21 Å². The van der Waals surface area contributed by atoms with E-state index in [4.69, 9.17) is 4.42 Å². The summed E-state index contributed by atoms with van der Waals surface area (Å²) in [5, 5.41) is 6.88. The molecule has 2 aliphatic rings. The van der Waals surface area contributed by atoms with Crippen molar-refractivity contribution in [2.75, 3.05) is 0 Å². The van der Waals surface area contributed by atoms with E-state index in [0.717, 1.165) is 30.3 Å². The van der Waals surface area contributed by atoms with Gasteiger partial charge in [-0.15, -0.1) is 0 Å². The third kappa shape index (κ3) is 4.41. The van der Waals surface area contributed by atoms with Gasteiger partial charge in [-0.25, -0.2) is 0 Å². The summed E-state index contributed by atoms with van der Waals surface area (Å²) in [6.45, 7) is 11.1. The lowest BCUT2D eigenvalue weighted by atomic mass is 9.79. The maximum Gasteiger partial charge on any atom is 0.220 e. The maximum atomic E-state index is 12.3. The molecular weight excluding hydrogens is 300 g/mol. The van der Waals surface area contributed by atoms with Gasteiger partial charge in [-0.1, -0.05) is 6.92 Å². The van der Waals surface area contributed by atoms with E-state index in [1.165, 1.54) is 6.42 Å². The Bertz CT molecular complexity index is 587. The molecule has 4 nitrogen and oxygen atoms in total. The zero-order valence-corrected chi connectivity index (χ0v) is 15.7. The molecule has 2 unspecified atom stereocenters. The van der Waals surface area contributed by atoms with E-state index in [1.807, 2.05) is 6.07 Å². The Kier molecular flexibility index (Phi) is 4.54. The lowest BCUT2D eigenvalue weighted by Gasteiger charge is -2.46. The van der Waals surface area contributed by atoms with Crippen LogP contribution in [0.4, 0.5) is 0 Å². The molecule has 1 aliphatic heterocycles. The average Bonchev–Trinajstić information content (AvgIpc) is 2.96. The molecule has 1 amide bonds. The van der Waals surface area contributed by atoms with Gasteiger partial charge in [-0.2, -0.15) is 0 Å². The quantitative estimate of drug-likeness (QED) is 0.863. The molecule has 4 heteroatoms. The Balaban J connectivity index is 1.48. The molecule has 3 rings (SSSR count). The van der Waals surface area contributed by atoms with Crippen LogP contribution in [-0.2, 0) is 11.2 Å². The van der Waals surface area contributed by atoms with E-state index in [0.29, 0.717) is 18.8 Å². The van der Waals surface area contributed by atoms with Crippen LogP contribution in [0.25, 0.3) is 0 Å². The lowest BCUT2D eigenvalue weighted by Crippen LogP contribution is -2.62. The third-order valence-electron chi connectivity index (χ3n) is 5.31. The Labute approximate surface area is 145 Å². The van der Waals surface area contributed by atoms with Gasteiger partial charge in [0.15, 0.2) is 0 Å². The standard InChI is InChI=1S/C20H32N2O2/c1-13-10-16(13)17-8-6-15(24-17)7-9-18(23)21-14-11-19(2,3)22-20(4,5)12-14/h6,8,13-14,16,22H,7,9-12H2,1-5H3,(H,21,23). The fourth-order valence-corrected chi connectivity index (χ4v) is 4.41. The summed E-state index contributed by atoms with van der Waals surface area (Å²) in [4.78, 5) is 12.3. The normalized spacial score (nSPS) is 28.5. The molecule has 2 N–H and O–H groups in total. The molecule has 1 aliphatic carbocycles. The number of piperidine rings is 1. The van der Waals surface area contributed by atoms with Crippen LogP contribution in [0.15, 0.2) is 16.5 Å². The number of rotatable bonds is 5. The Morgan fingerprint density at radius 1 is 1.25 bits per heavy atom. The van der Waals surface area contributed by atoms with E-state index in [1.54, 1.807) is 0 Å². The first-order valence-electron chi connectivity index (χ1n) is 9.31. The zero-order chi connectivity index (χ0) is 17.5. The van der Waals surface area contributed by atoms with Gasteiger partial charge in [-0.3, -0.25) is 4.79 Å². The Hall–Kier alpha value is -1.29. The number of furan rings is 1. The second-order valence-corrected chi connectivity index (χ2v) is 9.19. The van der Waals surface area contributed by atoms with Crippen molar-refractivity contribution in [1.82, 2.24) is 10.6 Å². The minimum atomic E-state index is 0.0521. The molecule has 1 saturated heterocycles. The van der Waals surface area contributed by atoms with Crippen LogP contribution in [0.5, 0.6) is 0 Å². The van der Waals surface area contributed by atoms with Gasteiger partial charge < -0.3 is 15.1 Å². The molecule has 0 radical (unpaired) electrons. The van der Waals surface area contributed by atoms with Gasteiger partial charge >= 0.3 is 0 Å². The van der Waals surface area contributed by atoms with Crippen molar-refractivity contribution in [3.63, 3.8) is 0 Å². The smallest absolute Gasteiger partial charge is 0.220 e. The molecule has 1 aromatic rings. The van der Waals surface area contributed by atoms with Crippen molar-refractivity contribution in [2.45, 2.75) is 89.8 Å². The molecular formula is C20H32N2O2. The summed E-state index contributed by atoms with van der Waals surface area (Å²) in [6, 6.07) is 4.35. The molecule has 2 atom stereocenters. The molecule has 24 heavy (non-hydrogen) atoms. The van der Waals surface area contributed by atoms with Crippen molar-refractivity contribution in [1.29, 1.82) is 0 Å². The first-order chi connectivity index (χ1) is 11.1. The SMILES string of the molecule is CC1CC1c1ccc(CCC(=O)NC2CC(C)(C)NC(C)(C)C2)o1. The Morgan fingerprint density at radius 3 is 2.46 bits per heavy atom. The van der Waals surface area contributed by atoms with Crippen molar-refractivity contribution in [3.05, 3.63) is 23.7 Å². The minimum Gasteiger partial charge on any atom is -0.466 e. The van der Waals surface area contributed by atoms with E-state index in [9.17, 15) is 4.79 Å². The second kappa shape index (κ2) is 6.21. The van der Waals surface area contributed by atoms with Crippen LogP contribution in [-0.4, -0.2) is 23.0 Å². The summed E-state index contributed by atoms with van der Waals surface area (Å²) in [7, 11) is 0. The summed E-state index contributed by atoms with van der Waals surface area (Å²) < 4.78 is 5.89. The van der Waals surface area contributed by atoms with Crippen LogP contribution in [0, 0.1) is 5.92 Å². The molecule has 0 spiro atoms. The lowest BCUT2D eigenvalue weighted by molar-refractivity contribution is -0.122. The van der Waals surface area contributed by atoms with Crippen molar-refractivity contribution in [2.24, 2.45) is 5.92 Å². The molecule has 134 valence electrons. The fraction of sp³-hybridized carbons (Fsp3) is 0.750. The first kappa shape index (κ1) is 17.5. The Morgan fingerprint density at radius 2 is 1.88 bits per heavy atom. The van der Waals surface area contributed by atoms with Gasteiger partial charge in [0.1, 0.15) is 11.5 Å². The van der Waals surface area contributed by atoms with E-state index >= 15 is 0 Å². The van der Waals surface area contributed by atoms with Gasteiger partial charge in [-0.05, 0) is 65.0 Å². The summed E-state index contributed by atoms with van der Waals surface area (Å²) in [5.74, 6) is 3.52. The van der Waals surface area contributed by atoms with Gasteiger partial charge in [0.25, 0.3) is 0 Å². The van der Waals surface area contributed by atoms with Gasteiger partial charge in [0, 0.05) is 35.9 Å². The molecule has 2 fully saturated rings. The number of hydrogen-bond donors (Lipinski definition) is 2. The van der Waals surface area contributed by atoms with E-state index < -0.39 is 0 Å². The van der Waals surface area contributed by atoms with E-state index in [-0.39, 0.29) is 23.0 Å². The number of aryl methyl sites for hydroxylation is 1. The number of nitrogens with one attached hydrogen (secondary N) is 2. The maximum absolute atomic E-state index is 12.3. The molecule has 1 saturated carbocycles. The number of carbonyl (C=O) groups is 1. The highest BCUT2D eigenvalue weighted by Gasteiger charge is 2.38. The fourth-order valence-electron chi connectivity index (χ4n) is 4.41. The summed E-state index contributed by atoms with van der Waals surface area (Å²) in [5.41, 5.74) is 0.104. The van der Waals surface area contributed by atoms with Crippen LogP contribution in [0.2, 0.25) is 0 Å². The largest absolute Gasteiger partial charge is 0.466 e. The molecule has 2 heterocycles. The number of carbonyl (C=O) groups excluding carboxylic acids is 1. The third-order valence-corrected chi connectivity index (χ3v) is 5.31. The van der Waals surface area contributed by atoms with Crippen molar-refractivity contribution >= 4 is 5.91 Å². The zero-order valence-electron chi connectivity index (χ0n) is 15.7.